The van der Waals surface area contributed by atoms with Gasteiger partial charge in [0.15, 0.2) is 0 Å². The predicted molar refractivity (Wildman–Crippen MR) is 54.6 cm³/mol. The van der Waals surface area contributed by atoms with Crippen molar-refractivity contribution < 1.29 is 9.90 Å². The van der Waals surface area contributed by atoms with Crippen molar-refractivity contribution in [1.82, 2.24) is 0 Å². The Bertz CT molecular complexity index is 230. The molecule has 0 bridgehead atoms. The molecule has 0 saturated heterocycles. The molecule has 74 valence electrons. The number of rotatable bonds is 3. The summed E-state index contributed by atoms with van der Waals surface area (Å²) < 4.78 is 0. The van der Waals surface area contributed by atoms with Crippen LogP contribution in [-0.2, 0) is 4.79 Å². The molecule has 4 nitrogen and oxygen atoms in total. The number of nitrogens with zero attached hydrogens (tertiary/aromatic N) is 1. The topological polar surface area (TPSA) is 75.7 Å². The van der Waals surface area contributed by atoms with Gasteiger partial charge in [-0.2, -0.15) is 0 Å². The van der Waals surface area contributed by atoms with E-state index >= 15 is 0 Å². The number of carboxylic acid groups (broad SMARTS) is 1. The third kappa shape index (κ3) is 8.33. The quantitative estimate of drug-likeness (QED) is 0.397. The van der Waals surface area contributed by atoms with Crippen LogP contribution < -0.4 is 5.73 Å². The average Bonchev–Trinajstić information content (AvgIpc) is 2.16. The smallest absolute Gasteiger partial charge is 0.351 e. The molecule has 0 unspecified atom stereocenters. The van der Waals surface area contributed by atoms with Gasteiger partial charge in [-0.05, 0) is 25.8 Å². The molecule has 0 saturated carbocycles. The van der Waals surface area contributed by atoms with Gasteiger partial charge in [0.05, 0.1) is 0 Å². The summed E-state index contributed by atoms with van der Waals surface area (Å²) in [4.78, 5) is 13.7. The van der Waals surface area contributed by atoms with Crippen LogP contribution in [0.5, 0.6) is 0 Å². The summed E-state index contributed by atoms with van der Waals surface area (Å²) in [6.45, 7) is 8.94. The van der Waals surface area contributed by atoms with E-state index in [2.05, 4.69) is 11.7 Å². The second-order valence-corrected chi connectivity index (χ2v) is 1.89. The minimum absolute atomic E-state index is 0.215. The zero-order valence-electron chi connectivity index (χ0n) is 8.24. The highest BCUT2D eigenvalue weighted by atomic mass is 16.4. The lowest BCUT2D eigenvalue weighted by atomic mass is 10.3. The molecule has 0 aliphatic rings. The summed E-state index contributed by atoms with van der Waals surface area (Å²) in [6, 6.07) is 0. The third-order valence-electron chi connectivity index (χ3n) is 1.00. The number of carbonyl (C=O) groups is 1. The molecule has 0 amide bonds. The number of aliphatic imine (C=N–C) groups is 1. The Kier molecular flexibility index (Phi) is 9.15. The van der Waals surface area contributed by atoms with E-state index in [0.29, 0.717) is 5.70 Å². The van der Waals surface area contributed by atoms with Crippen molar-refractivity contribution in [3.8, 4) is 0 Å². The van der Waals surface area contributed by atoms with E-state index in [4.69, 9.17) is 10.8 Å². The van der Waals surface area contributed by atoms with Gasteiger partial charge in [0.1, 0.15) is 5.70 Å². The summed E-state index contributed by atoms with van der Waals surface area (Å²) in [5, 5.41) is 8.30. The molecule has 0 radical (unpaired) electrons. The first-order valence-corrected chi connectivity index (χ1v) is 3.92. The first-order valence-electron chi connectivity index (χ1n) is 3.92. The molecular weight excluding hydrogens is 168 g/mol. The Morgan fingerprint density at radius 3 is 2.23 bits per heavy atom. The van der Waals surface area contributed by atoms with Crippen molar-refractivity contribution in [2.24, 2.45) is 10.7 Å². The van der Waals surface area contributed by atoms with Crippen molar-refractivity contribution in [3.05, 3.63) is 23.5 Å². The summed E-state index contributed by atoms with van der Waals surface area (Å²) >= 11 is 0. The van der Waals surface area contributed by atoms with Crippen LogP contribution in [0.4, 0.5) is 0 Å². The number of allylic oxidation sites excluding steroid dienone is 3. The molecule has 0 spiro atoms. The molecule has 3 N–H and O–H groups in total. The highest BCUT2D eigenvalue weighted by Gasteiger charge is 1.96. The number of nitrogens with two attached hydrogens (primary N) is 1. The standard InChI is InChI=1S/C7H10N2O2.C2H6/c1-5(9-2)3-4-6(8)7(10)11;1-2/h3-4H,2,8H2,1H3,(H,10,11);1-2H3/b5-3-,6-4-;. The van der Waals surface area contributed by atoms with Crippen molar-refractivity contribution in [3.63, 3.8) is 0 Å². The van der Waals surface area contributed by atoms with E-state index < -0.39 is 5.97 Å². The van der Waals surface area contributed by atoms with Crippen LogP contribution in [0.1, 0.15) is 20.8 Å². The van der Waals surface area contributed by atoms with Gasteiger partial charge in [-0.25, -0.2) is 4.79 Å². The van der Waals surface area contributed by atoms with Crippen LogP contribution in [-0.4, -0.2) is 17.8 Å². The molecule has 4 heteroatoms. The molecule has 0 aliphatic heterocycles. The SMILES string of the molecule is C=N/C(C)=C\C=C(/N)C(=O)O.CC. The molecule has 0 heterocycles. The van der Waals surface area contributed by atoms with E-state index in [1.54, 1.807) is 6.92 Å². The second-order valence-electron chi connectivity index (χ2n) is 1.89. The maximum Gasteiger partial charge on any atom is 0.351 e. The lowest BCUT2D eigenvalue weighted by Crippen LogP contribution is -2.08. The van der Waals surface area contributed by atoms with Crippen LogP contribution in [0.25, 0.3) is 0 Å². The third-order valence-corrected chi connectivity index (χ3v) is 1.00. The van der Waals surface area contributed by atoms with Crippen LogP contribution >= 0.6 is 0 Å². The molecule has 0 fully saturated rings. The molecule has 0 aromatic rings. The van der Waals surface area contributed by atoms with Crippen molar-refractivity contribution in [1.29, 1.82) is 0 Å². The van der Waals surface area contributed by atoms with Crippen LogP contribution in [0.15, 0.2) is 28.5 Å². The maximum absolute atomic E-state index is 10.1. The Morgan fingerprint density at radius 2 is 1.92 bits per heavy atom. The maximum atomic E-state index is 10.1. The first kappa shape index (κ1) is 14.0. The number of carboxylic acids is 1. The molecule has 13 heavy (non-hydrogen) atoms. The van der Waals surface area contributed by atoms with Gasteiger partial charge in [0.2, 0.25) is 0 Å². The first-order chi connectivity index (χ1) is 6.07. The van der Waals surface area contributed by atoms with E-state index in [-0.39, 0.29) is 5.70 Å². The lowest BCUT2D eigenvalue weighted by molar-refractivity contribution is -0.132. The van der Waals surface area contributed by atoms with Crippen LogP contribution in [0.2, 0.25) is 0 Å². The van der Waals surface area contributed by atoms with Crippen molar-refractivity contribution in [2.75, 3.05) is 0 Å². The van der Waals surface area contributed by atoms with Gasteiger partial charge >= 0.3 is 5.97 Å². The molecule has 0 atom stereocenters. The fourth-order valence-electron chi connectivity index (χ4n) is 0.334. The number of hydrogen-bond donors (Lipinski definition) is 2. The van der Waals surface area contributed by atoms with Gasteiger partial charge in [-0.15, -0.1) is 0 Å². The van der Waals surface area contributed by atoms with Gasteiger partial charge in [-0.3, -0.25) is 4.99 Å². The van der Waals surface area contributed by atoms with Gasteiger partial charge in [-0.1, -0.05) is 13.8 Å². The van der Waals surface area contributed by atoms with E-state index in [9.17, 15) is 4.79 Å². The summed E-state index contributed by atoms with van der Waals surface area (Å²) in [7, 11) is 0. The molecular formula is C9H16N2O2. The van der Waals surface area contributed by atoms with E-state index in [1.165, 1.54) is 12.2 Å². The Balaban J connectivity index is 0. The summed E-state index contributed by atoms with van der Waals surface area (Å²) in [5.74, 6) is -1.14. The number of aliphatic carboxylic acids is 1. The fourth-order valence-corrected chi connectivity index (χ4v) is 0.334. The summed E-state index contributed by atoms with van der Waals surface area (Å²) in [5.41, 5.74) is 5.48. The summed E-state index contributed by atoms with van der Waals surface area (Å²) in [6.07, 6.45) is 2.75. The zero-order valence-corrected chi connectivity index (χ0v) is 8.24. The number of hydrogen-bond acceptors (Lipinski definition) is 3. The monoisotopic (exact) mass is 184 g/mol. The van der Waals surface area contributed by atoms with Crippen LogP contribution in [0.3, 0.4) is 0 Å². The molecule has 0 aromatic carbocycles. The van der Waals surface area contributed by atoms with Gasteiger partial charge < -0.3 is 10.8 Å². The van der Waals surface area contributed by atoms with Crippen LogP contribution in [0, 0.1) is 0 Å². The zero-order chi connectivity index (χ0) is 10.9. The van der Waals surface area contributed by atoms with Gasteiger partial charge in [0, 0.05) is 5.70 Å². The minimum atomic E-state index is -1.14. The highest BCUT2D eigenvalue weighted by molar-refractivity contribution is 5.85. The molecule has 0 rings (SSSR count). The largest absolute Gasteiger partial charge is 0.477 e. The average molecular weight is 184 g/mol. The molecule has 0 aromatic heterocycles. The lowest BCUT2D eigenvalue weighted by Gasteiger charge is -1.89. The Hall–Kier alpha value is -1.58. The fraction of sp³-hybridized carbons (Fsp3) is 0.333. The Morgan fingerprint density at radius 1 is 1.46 bits per heavy atom. The molecule has 0 aliphatic carbocycles. The van der Waals surface area contributed by atoms with Crippen molar-refractivity contribution >= 4 is 12.7 Å². The highest BCUT2D eigenvalue weighted by Crippen LogP contribution is 1.94. The predicted octanol–water partition coefficient (Wildman–Crippen LogP) is 1.54. The van der Waals surface area contributed by atoms with E-state index in [0.717, 1.165) is 0 Å². The van der Waals surface area contributed by atoms with Gasteiger partial charge in [0.25, 0.3) is 0 Å². The minimum Gasteiger partial charge on any atom is -0.477 e. The normalized spacial score (nSPS) is 11.3. The second kappa shape index (κ2) is 8.52. The Labute approximate surface area is 78.5 Å². The van der Waals surface area contributed by atoms with E-state index in [1.807, 2.05) is 13.8 Å². The van der Waals surface area contributed by atoms with Crippen molar-refractivity contribution in [2.45, 2.75) is 20.8 Å².